The summed E-state index contributed by atoms with van der Waals surface area (Å²) in [7, 11) is 0. The summed E-state index contributed by atoms with van der Waals surface area (Å²) in [6, 6.07) is 6.79. The molecule has 0 radical (unpaired) electrons. The number of ether oxygens (including phenoxy) is 1. The first-order chi connectivity index (χ1) is 7.77. The second kappa shape index (κ2) is 4.94. The zero-order chi connectivity index (χ0) is 11.4. The molecule has 1 aromatic carbocycles. The van der Waals surface area contributed by atoms with Crippen LogP contribution >= 0.6 is 0 Å². The molecule has 1 aromatic rings. The normalized spacial score (nSPS) is 19.6. The molecule has 0 saturated carbocycles. The monoisotopic (exact) mass is 222 g/mol. The van der Waals surface area contributed by atoms with Gasteiger partial charge in [0.05, 0.1) is 4.92 Å². The molecule has 1 aliphatic rings. The molecule has 1 fully saturated rings. The molecule has 1 atom stereocenters. The Morgan fingerprint density at radius 3 is 3.00 bits per heavy atom. The molecule has 2 rings (SSSR count). The molecular formula is C11H14N2O3. The number of hydrogen-bond acceptors (Lipinski definition) is 4. The van der Waals surface area contributed by atoms with E-state index in [4.69, 9.17) is 4.74 Å². The fourth-order valence-corrected chi connectivity index (χ4v) is 1.82. The van der Waals surface area contributed by atoms with Crippen molar-refractivity contribution in [2.45, 2.75) is 18.9 Å². The third-order valence-corrected chi connectivity index (χ3v) is 2.66. The van der Waals surface area contributed by atoms with Crippen molar-refractivity contribution >= 4 is 5.69 Å². The highest BCUT2D eigenvalue weighted by atomic mass is 16.6. The van der Waals surface area contributed by atoms with Gasteiger partial charge in [0.2, 0.25) is 0 Å². The van der Waals surface area contributed by atoms with E-state index in [0.29, 0.717) is 18.4 Å². The van der Waals surface area contributed by atoms with Crippen LogP contribution in [0.1, 0.15) is 12.8 Å². The van der Waals surface area contributed by atoms with E-state index in [1.54, 1.807) is 18.2 Å². The topological polar surface area (TPSA) is 64.4 Å². The minimum absolute atomic E-state index is 0.0282. The number of nitro benzene ring substituents is 1. The molecule has 0 spiro atoms. The quantitative estimate of drug-likeness (QED) is 0.622. The summed E-state index contributed by atoms with van der Waals surface area (Å²) in [5.74, 6) is 0.348. The minimum Gasteiger partial charge on any atom is -0.485 e. The largest absolute Gasteiger partial charge is 0.485 e. The van der Waals surface area contributed by atoms with Gasteiger partial charge in [-0.15, -0.1) is 0 Å². The molecule has 16 heavy (non-hydrogen) atoms. The highest BCUT2D eigenvalue weighted by molar-refractivity contribution is 5.45. The van der Waals surface area contributed by atoms with Gasteiger partial charge in [-0.1, -0.05) is 12.1 Å². The van der Waals surface area contributed by atoms with Crippen LogP contribution in [0.15, 0.2) is 24.3 Å². The zero-order valence-electron chi connectivity index (χ0n) is 8.89. The van der Waals surface area contributed by atoms with Crippen LogP contribution in [0.3, 0.4) is 0 Å². The summed E-state index contributed by atoms with van der Waals surface area (Å²) in [6.07, 6.45) is 2.21. The molecule has 1 saturated heterocycles. The van der Waals surface area contributed by atoms with E-state index >= 15 is 0 Å². The SMILES string of the molecule is O=[N+]([O-])c1ccccc1OCC1CCCN1. The van der Waals surface area contributed by atoms with Crippen LogP contribution in [-0.2, 0) is 0 Å². The molecule has 5 nitrogen and oxygen atoms in total. The molecule has 0 amide bonds. The van der Waals surface area contributed by atoms with E-state index in [1.807, 2.05) is 0 Å². The number of para-hydroxylation sites is 2. The van der Waals surface area contributed by atoms with E-state index in [2.05, 4.69) is 5.32 Å². The van der Waals surface area contributed by atoms with Gasteiger partial charge in [0, 0.05) is 12.1 Å². The van der Waals surface area contributed by atoms with Crippen LogP contribution in [-0.4, -0.2) is 24.1 Å². The third kappa shape index (κ3) is 2.49. The molecule has 0 aliphatic carbocycles. The summed E-state index contributed by atoms with van der Waals surface area (Å²) >= 11 is 0. The van der Waals surface area contributed by atoms with Gasteiger partial charge in [-0.3, -0.25) is 10.1 Å². The Kier molecular flexibility index (Phi) is 3.36. The van der Waals surface area contributed by atoms with E-state index in [-0.39, 0.29) is 5.69 Å². The summed E-state index contributed by atoms with van der Waals surface area (Å²) in [5, 5.41) is 14.0. The number of hydrogen-bond donors (Lipinski definition) is 1. The van der Waals surface area contributed by atoms with Gasteiger partial charge >= 0.3 is 5.69 Å². The summed E-state index contributed by atoms with van der Waals surface area (Å²) < 4.78 is 5.48. The highest BCUT2D eigenvalue weighted by Crippen LogP contribution is 2.26. The van der Waals surface area contributed by atoms with Crippen molar-refractivity contribution in [3.63, 3.8) is 0 Å². The highest BCUT2D eigenvalue weighted by Gasteiger charge is 2.18. The second-order valence-electron chi connectivity index (χ2n) is 3.83. The van der Waals surface area contributed by atoms with Crippen LogP contribution in [0, 0.1) is 10.1 Å². The van der Waals surface area contributed by atoms with Gasteiger partial charge < -0.3 is 10.1 Å². The van der Waals surface area contributed by atoms with Gasteiger partial charge in [-0.2, -0.15) is 0 Å². The van der Waals surface area contributed by atoms with Gasteiger partial charge in [-0.05, 0) is 25.5 Å². The van der Waals surface area contributed by atoms with Crippen molar-refractivity contribution in [1.29, 1.82) is 0 Å². The Morgan fingerprint density at radius 2 is 2.31 bits per heavy atom. The standard InChI is InChI=1S/C11H14N2O3/c14-13(15)10-5-1-2-6-11(10)16-8-9-4-3-7-12-9/h1-2,5-6,9,12H,3-4,7-8H2. The Labute approximate surface area is 93.6 Å². The fraction of sp³-hybridized carbons (Fsp3) is 0.455. The number of nitrogens with one attached hydrogen (secondary N) is 1. The lowest BCUT2D eigenvalue weighted by molar-refractivity contribution is -0.385. The lowest BCUT2D eigenvalue weighted by Gasteiger charge is -2.11. The predicted molar refractivity (Wildman–Crippen MR) is 59.6 cm³/mol. The van der Waals surface area contributed by atoms with Crippen molar-refractivity contribution in [2.24, 2.45) is 0 Å². The Hall–Kier alpha value is -1.62. The minimum atomic E-state index is -0.419. The molecule has 0 bridgehead atoms. The summed E-state index contributed by atoms with van der Waals surface area (Å²) in [5.41, 5.74) is 0.0282. The van der Waals surface area contributed by atoms with Crippen molar-refractivity contribution in [3.05, 3.63) is 34.4 Å². The molecule has 1 N–H and O–H groups in total. The maximum atomic E-state index is 10.7. The van der Waals surface area contributed by atoms with Crippen molar-refractivity contribution in [1.82, 2.24) is 5.32 Å². The molecule has 1 unspecified atom stereocenters. The van der Waals surface area contributed by atoms with Crippen molar-refractivity contribution in [2.75, 3.05) is 13.2 Å². The summed E-state index contributed by atoms with van der Waals surface area (Å²) in [4.78, 5) is 10.3. The number of benzene rings is 1. The lowest BCUT2D eigenvalue weighted by atomic mass is 10.2. The van der Waals surface area contributed by atoms with Gasteiger partial charge in [0.15, 0.2) is 5.75 Å². The van der Waals surface area contributed by atoms with Crippen molar-refractivity contribution in [3.8, 4) is 5.75 Å². The number of nitrogens with zero attached hydrogens (tertiary/aromatic N) is 1. The molecular weight excluding hydrogens is 208 g/mol. The maximum absolute atomic E-state index is 10.7. The Morgan fingerprint density at radius 1 is 1.50 bits per heavy atom. The maximum Gasteiger partial charge on any atom is 0.310 e. The Balaban J connectivity index is 2.00. The smallest absolute Gasteiger partial charge is 0.310 e. The molecule has 1 aliphatic heterocycles. The molecule has 86 valence electrons. The lowest BCUT2D eigenvalue weighted by Crippen LogP contribution is -2.28. The van der Waals surface area contributed by atoms with E-state index < -0.39 is 4.92 Å². The predicted octanol–water partition coefficient (Wildman–Crippen LogP) is 1.73. The number of rotatable bonds is 4. The Bertz CT molecular complexity index is 375. The van der Waals surface area contributed by atoms with Gasteiger partial charge in [0.1, 0.15) is 6.61 Å². The zero-order valence-corrected chi connectivity index (χ0v) is 8.89. The van der Waals surface area contributed by atoms with Crippen LogP contribution in [0.4, 0.5) is 5.69 Å². The first-order valence-corrected chi connectivity index (χ1v) is 5.37. The number of nitro groups is 1. The van der Waals surface area contributed by atoms with Crippen LogP contribution in [0.2, 0.25) is 0 Å². The first-order valence-electron chi connectivity index (χ1n) is 5.37. The van der Waals surface area contributed by atoms with Crippen LogP contribution < -0.4 is 10.1 Å². The van der Waals surface area contributed by atoms with Crippen LogP contribution in [0.5, 0.6) is 5.75 Å². The van der Waals surface area contributed by atoms with E-state index in [0.717, 1.165) is 19.4 Å². The average molecular weight is 222 g/mol. The summed E-state index contributed by atoms with van der Waals surface area (Å²) in [6.45, 7) is 1.50. The van der Waals surface area contributed by atoms with E-state index in [1.165, 1.54) is 6.07 Å². The van der Waals surface area contributed by atoms with Crippen LogP contribution in [0.25, 0.3) is 0 Å². The fourth-order valence-electron chi connectivity index (χ4n) is 1.82. The average Bonchev–Trinajstić information content (AvgIpc) is 2.79. The van der Waals surface area contributed by atoms with Crippen molar-refractivity contribution < 1.29 is 9.66 Å². The molecule has 1 heterocycles. The van der Waals surface area contributed by atoms with Gasteiger partial charge in [-0.25, -0.2) is 0 Å². The van der Waals surface area contributed by atoms with Gasteiger partial charge in [0.25, 0.3) is 0 Å². The third-order valence-electron chi connectivity index (χ3n) is 2.66. The molecule has 0 aromatic heterocycles. The molecule has 5 heteroatoms. The van der Waals surface area contributed by atoms with E-state index in [9.17, 15) is 10.1 Å². The second-order valence-corrected chi connectivity index (χ2v) is 3.83. The first kappa shape index (κ1) is 10.9.